The molecule has 0 saturated heterocycles. The highest BCUT2D eigenvalue weighted by Gasteiger charge is 2.22. The largest absolute Gasteiger partial charge is 0.462 e. The van der Waals surface area contributed by atoms with Crippen LogP contribution in [0, 0.1) is 11.7 Å². The number of aromatic nitrogens is 3. The summed E-state index contributed by atoms with van der Waals surface area (Å²) in [5.74, 6) is -0.645. The predicted molar refractivity (Wildman–Crippen MR) is 102 cm³/mol. The Hall–Kier alpha value is -2.44. The number of benzene rings is 2. The maximum absolute atomic E-state index is 13.5. The molecule has 8 heteroatoms. The van der Waals surface area contributed by atoms with Crippen LogP contribution in [0.15, 0.2) is 42.5 Å². The van der Waals surface area contributed by atoms with Gasteiger partial charge >= 0.3 is 6.01 Å². The second kappa shape index (κ2) is 8.06. The van der Waals surface area contributed by atoms with Crippen molar-refractivity contribution in [1.29, 1.82) is 0 Å². The van der Waals surface area contributed by atoms with Crippen LogP contribution in [0.1, 0.15) is 24.2 Å². The van der Waals surface area contributed by atoms with Crippen LogP contribution in [0.3, 0.4) is 0 Å². The topological polar surface area (TPSA) is 57.0 Å². The molecule has 1 aromatic heterocycles. The summed E-state index contributed by atoms with van der Waals surface area (Å²) in [6, 6.07) is 10.2. The van der Waals surface area contributed by atoms with Gasteiger partial charge in [0.1, 0.15) is 5.82 Å². The first-order valence-corrected chi connectivity index (χ1v) is 8.96. The van der Waals surface area contributed by atoms with Crippen LogP contribution < -0.4 is 4.74 Å². The summed E-state index contributed by atoms with van der Waals surface area (Å²) in [4.78, 5) is 17.2. The van der Waals surface area contributed by atoms with Crippen LogP contribution in [0.5, 0.6) is 6.01 Å². The molecule has 0 radical (unpaired) electrons. The monoisotopic (exact) mass is 407 g/mol. The van der Waals surface area contributed by atoms with Gasteiger partial charge in [0, 0.05) is 16.1 Å². The van der Waals surface area contributed by atoms with Gasteiger partial charge in [0.2, 0.25) is 0 Å². The Kier molecular flexibility index (Phi) is 5.77. The second-order valence-electron chi connectivity index (χ2n) is 6.27. The van der Waals surface area contributed by atoms with E-state index in [1.807, 2.05) is 13.8 Å². The van der Waals surface area contributed by atoms with Crippen molar-refractivity contribution in [2.75, 3.05) is 6.61 Å². The van der Waals surface area contributed by atoms with Gasteiger partial charge in [0.15, 0.2) is 5.82 Å². The molecule has 0 fully saturated rings. The molecule has 2 aromatic carbocycles. The van der Waals surface area contributed by atoms with Gasteiger partial charge in [-0.2, -0.15) is 9.67 Å². The summed E-state index contributed by atoms with van der Waals surface area (Å²) >= 11 is 12.2. The molecule has 0 aliphatic carbocycles. The van der Waals surface area contributed by atoms with E-state index >= 15 is 0 Å². The van der Waals surface area contributed by atoms with Crippen LogP contribution in [0.2, 0.25) is 10.0 Å². The maximum atomic E-state index is 13.5. The third-order valence-corrected chi connectivity index (χ3v) is 4.12. The molecule has 0 aliphatic heterocycles. The molecule has 0 aliphatic rings. The van der Waals surface area contributed by atoms with E-state index in [0.717, 1.165) is 10.7 Å². The molecule has 5 nitrogen and oxygen atoms in total. The average Bonchev–Trinajstić information content (AvgIpc) is 3.03. The van der Waals surface area contributed by atoms with Crippen LogP contribution in [0.25, 0.3) is 11.4 Å². The predicted octanol–water partition coefficient (Wildman–Crippen LogP) is 5.11. The molecule has 140 valence electrons. The van der Waals surface area contributed by atoms with E-state index in [1.54, 1.807) is 18.2 Å². The van der Waals surface area contributed by atoms with Gasteiger partial charge in [0.25, 0.3) is 5.91 Å². The van der Waals surface area contributed by atoms with Crippen molar-refractivity contribution < 1.29 is 13.9 Å². The van der Waals surface area contributed by atoms with Gasteiger partial charge in [-0.3, -0.25) is 4.79 Å². The van der Waals surface area contributed by atoms with Gasteiger partial charge < -0.3 is 4.74 Å². The molecule has 1 heterocycles. The minimum Gasteiger partial charge on any atom is -0.462 e. The number of rotatable bonds is 5. The van der Waals surface area contributed by atoms with Crippen molar-refractivity contribution in [3.05, 3.63) is 63.9 Å². The highest BCUT2D eigenvalue weighted by Crippen LogP contribution is 2.30. The summed E-state index contributed by atoms with van der Waals surface area (Å²) in [7, 11) is 0. The van der Waals surface area contributed by atoms with Crippen LogP contribution in [-0.2, 0) is 0 Å². The highest BCUT2D eigenvalue weighted by molar-refractivity contribution is 6.36. The van der Waals surface area contributed by atoms with E-state index in [9.17, 15) is 9.18 Å². The van der Waals surface area contributed by atoms with Gasteiger partial charge in [-0.05, 0) is 42.3 Å². The van der Waals surface area contributed by atoms with Gasteiger partial charge in [-0.1, -0.05) is 43.1 Å². The van der Waals surface area contributed by atoms with Crippen LogP contribution in [-0.4, -0.2) is 27.3 Å². The second-order valence-corrected chi connectivity index (χ2v) is 7.12. The average molecular weight is 408 g/mol. The Morgan fingerprint density at radius 1 is 1.22 bits per heavy atom. The number of nitrogens with zero attached hydrogens (tertiary/aromatic N) is 3. The minimum atomic E-state index is -0.553. The quantitative estimate of drug-likeness (QED) is 0.589. The molecule has 0 spiro atoms. The zero-order valence-corrected chi connectivity index (χ0v) is 16.1. The van der Waals surface area contributed by atoms with Crippen molar-refractivity contribution in [3.63, 3.8) is 0 Å². The lowest BCUT2D eigenvalue weighted by atomic mass is 10.2. The molecular weight excluding hydrogens is 392 g/mol. The van der Waals surface area contributed by atoms with Crippen LogP contribution >= 0.6 is 23.2 Å². The van der Waals surface area contributed by atoms with Crippen molar-refractivity contribution in [2.45, 2.75) is 13.8 Å². The number of carbonyl (C=O) groups is 1. The standard InChI is InChI=1S/C19H16Cl2FN3O2/c1-11(2)10-27-19-23-17(15-7-6-13(20)9-16(15)21)25(24-19)18(26)12-4-3-5-14(22)8-12/h3-9,11H,10H2,1-2H3. The van der Waals surface area contributed by atoms with Crippen LogP contribution in [0.4, 0.5) is 4.39 Å². The molecule has 3 aromatic rings. The van der Waals surface area contributed by atoms with Crippen molar-refractivity contribution in [1.82, 2.24) is 14.8 Å². The summed E-state index contributed by atoms with van der Waals surface area (Å²) in [5.41, 5.74) is 0.583. The molecule has 0 saturated carbocycles. The fraction of sp³-hybridized carbons (Fsp3) is 0.211. The zero-order chi connectivity index (χ0) is 19.6. The van der Waals surface area contributed by atoms with Crippen molar-refractivity contribution >= 4 is 29.1 Å². The third kappa shape index (κ3) is 4.46. The van der Waals surface area contributed by atoms with Gasteiger partial charge in [-0.25, -0.2) is 4.39 Å². The molecule has 27 heavy (non-hydrogen) atoms. The summed E-state index contributed by atoms with van der Waals surface area (Å²) < 4.78 is 20.1. The number of ether oxygens (including phenoxy) is 1. The van der Waals surface area contributed by atoms with E-state index in [4.69, 9.17) is 27.9 Å². The fourth-order valence-electron chi connectivity index (χ4n) is 2.33. The van der Waals surface area contributed by atoms with E-state index in [2.05, 4.69) is 10.1 Å². The van der Waals surface area contributed by atoms with Crippen molar-refractivity contribution in [3.8, 4) is 17.4 Å². The van der Waals surface area contributed by atoms with Gasteiger partial charge in [0.05, 0.1) is 11.6 Å². The molecule has 3 rings (SSSR count). The smallest absolute Gasteiger partial charge is 0.336 e. The normalized spacial score (nSPS) is 11.0. The Balaban J connectivity index is 2.08. The first-order valence-electron chi connectivity index (χ1n) is 8.20. The number of hydrogen-bond donors (Lipinski definition) is 0. The lowest BCUT2D eigenvalue weighted by molar-refractivity contribution is 0.0944. The zero-order valence-electron chi connectivity index (χ0n) is 14.6. The summed E-state index contributed by atoms with van der Waals surface area (Å²) in [5, 5.41) is 4.90. The molecule has 0 bridgehead atoms. The SMILES string of the molecule is CC(C)COc1nc(-c2ccc(Cl)cc2Cl)n(C(=O)c2cccc(F)c2)n1. The molecule has 0 amide bonds. The molecule has 0 unspecified atom stereocenters. The molecule has 0 atom stereocenters. The highest BCUT2D eigenvalue weighted by atomic mass is 35.5. The Bertz CT molecular complexity index is 989. The summed E-state index contributed by atoms with van der Waals surface area (Å²) in [6.07, 6.45) is 0. The fourth-order valence-corrected chi connectivity index (χ4v) is 2.82. The number of halogens is 3. The molecular formula is C19H16Cl2FN3O2. The Labute approximate surface area is 165 Å². The summed E-state index contributed by atoms with van der Waals surface area (Å²) in [6.45, 7) is 4.34. The minimum absolute atomic E-state index is 0.0365. The van der Waals surface area contributed by atoms with E-state index in [0.29, 0.717) is 22.2 Å². The van der Waals surface area contributed by atoms with Gasteiger partial charge in [-0.15, -0.1) is 5.10 Å². The Morgan fingerprint density at radius 3 is 2.67 bits per heavy atom. The lowest BCUT2D eigenvalue weighted by Crippen LogP contribution is -2.16. The number of hydrogen-bond acceptors (Lipinski definition) is 4. The molecule has 0 N–H and O–H groups in total. The first-order chi connectivity index (χ1) is 12.8. The number of carbonyl (C=O) groups excluding carboxylic acids is 1. The van der Waals surface area contributed by atoms with E-state index < -0.39 is 11.7 Å². The third-order valence-electron chi connectivity index (χ3n) is 3.57. The van der Waals surface area contributed by atoms with Crippen molar-refractivity contribution in [2.24, 2.45) is 5.92 Å². The first kappa shape index (κ1) is 19.3. The maximum Gasteiger partial charge on any atom is 0.336 e. The van der Waals surface area contributed by atoms with E-state index in [-0.39, 0.29) is 23.3 Å². The Morgan fingerprint density at radius 2 is 2.00 bits per heavy atom. The van der Waals surface area contributed by atoms with E-state index in [1.165, 1.54) is 18.2 Å². The lowest BCUT2D eigenvalue weighted by Gasteiger charge is -2.06.